The van der Waals surface area contributed by atoms with Gasteiger partial charge < -0.3 is 20.3 Å². The average Bonchev–Trinajstić information content (AvgIpc) is 3.09. The van der Waals surface area contributed by atoms with E-state index >= 15 is 0 Å². The topological polar surface area (TPSA) is 58.8 Å². The summed E-state index contributed by atoms with van der Waals surface area (Å²) in [4.78, 5) is 17.7. The van der Waals surface area contributed by atoms with Crippen LogP contribution in [0.1, 0.15) is 42.9 Å². The summed E-state index contributed by atoms with van der Waals surface area (Å²) in [5.74, 6) is 1.17. The van der Waals surface area contributed by atoms with Gasteiger partial charge in [-0.1, -0.05) is 41.9 Å². The quantitative estimate of drug-likeness (QED) is 0.697. The summed E-state index contributed by atoms with van der Waals surface area (Å²) in [7, 11) is 1.67. The van der Waals surface area contributed by atoms with Gasteiger partial charge >= 0.3 is 0 Å². The number of rotatable bonds is 7. The van der Waals surface area contributed by atoms with Crippen LogP contribution in [0.2, 0.25) is 5.02 Å². The zero-order valence-electron chi connectivity index (χ0n) is 18.2. The smallest absolute Gasteiger partial charge is 0.229 e. The third-order valence-corrected chi connectivity index (χ3v) is 7.35. The van der Waals surface area contributed by atoms with Gasteiger partial charge in [-0.15, -0.1) is 0 Å². The number of hydrogen-bond acceptors (Lipinski definition) is 4. The molecular weight excluding hydrogens is 410 g/mol. The molecule has 1 spiro atoms. The molecule has 1 amide bonds. The fourth-order valence-corrected chi connectivity index (χ4v) is 5.19. The van der Waals surface area contributed by atoms with Crippen LogP contribution in [-0.4, -0.2) is 49.0 Å². The molecule has 6 heteroatoms. The highest BCUT2D eigenvalue weighted by molar-refractivity contribution is 6.31. The molecule has 2 saturated heterocycles. The molecule has 0 bridgehead atoms. The molecular formula is C25H32ClN3O2. The lowest BCUT2D eigenvalue weighted by molar-refractivity contribution is -0.138. The summed E-state index contributed by atoms with van der Waals surface area (Å²) in [6.07, 6.45) is 3.71. The molecule has 0 radical (unpaired) electrons. The normalized spacial score (nSPS) is 19.7. The third kappa shape index (κ3) is 4.89. The van der Waals surface area contributed by atoms with Crippen molar-refractivity contribution >= 4 is 17.5 Å². The Hall–Kier alpha value is -2.08. The second-order valence-electron chi connectivity index (χ2n) is 8.86. The van der Waals surface area contributed by atoms with Gasteiger partial charge in [-0.05, 0) is 74.6 Å². The Morgan fingerprint density at radius 2 is 1.74 bits per heavy atom. The number of benzene rings is 2. The van der Waals surface area contributed by atoms with Gasteiger partial charge in [-0.3, -0.25) is 4.79 Å². The maximum Gasteiger partial charge on any atom is 0.229 e. The van der Waals surface area contributed by atoms with Gasteiger partial charge in [0.25, 0.3) is 0 Å². The average molecular weight is 442 g/mol. The monoisotopic (exact) mass is 441 g/mol. The maximum atomic E-state index is 13.3. The Morgan fingerprint density at radius 1 is 1.06 bits per heavy atom. The number of likely N-dealkylation sites (tertiary alicyclic amines) is 2. The van der Waals surface area contributed by atoms with Gasteiger partial charge in [0.05, 0.1) is 12.5 Å². The number of nitrogens with two attached hydrogens (primary N) is 1. The molecule has 2 aliphatic heterocycles. The van der Waals surface area contributed by atoms with Crippen molar-refractivity contribution in [2.75, 3.05) is 33.3 Å². The van der Waals surface area contributed by atoms with E-state index < -0.39 is 0 Å². The molecule has 4 rings (SSSR count). The Kier molecular flexibility index (Phi) is 6.85. The molecule has 2 aromatic rings. The van der Waals surface area contributed by atoms with Gasteiger partial charge in [0.1, 0.15) is 5.75 Å². The molecule has 5 nitrogen and oxygen atoms in total. The fourth-order valence-electron chi connectivity index (χ4n) is 4.92. The molecule has 0 saturated carbocycles. The lowest BCUT2D eigenvalue weighted by atomic mass is 9.77. The lowest BCUT2D eigenvalue weighted by Gasteiger charge is -2.38. The van der Waals surface area contributed by atoms with E-state index in [0.717, 1.165) is 73.8 Å². The minimum atomic E-state index is -0.173. The third-order valence-electron chi connectivity index (χ3n) is 7.01. The van der Waals surface area contributed by atoms with E-state index in [4.69, 9.17) is 22.1 Å². The molecule has 2 N–H and O–H groups in total. The summed E-state index contributed by atoms with van der Waals surface area (Å²) < 4.78 is 5.23. The number of carbonyl (C=O) groups is 1. The first-order valence-electron chi connectivity index (χ1n) is 11.2. The number of nitrogens with zero attached hydrogens (tertiary/aromatic N) is 2. The van der Waals surface area contributed by atoms with Crippen LogP contribution in [0.3, 0.4) is 0 Å². The Labute approximate surface area is 190 Å². The van der Waals surface area contributed by atoms with E-state index in [2.05, 4.69) is 4.90 Å². The van der Waals surface area contributed by atoms with Gasteiger partial charge in [-0.2, -0.15) is 0 Å². The Balaban J connectivity index is 1.27. The van der Waals surface area contributed by atoms with E-state index in [-0.39, 0.29) is 11.5 Å². The van der Waals surface area contributed by atoms with E-state index in [1.807, 2.05) is 53.4 Å². The molecule has 2 fully saturated rings. The van der Waals surface area contributed by atoms with Gasteiger partial charge in [0.15, 0.2) is 0 Å². The van der Waals surface area contributed by atoms with E-state index in [1.54, 1.807) is 7.11 Å². The van der Waals surface area contributed by atoms with Crippen molar-refractivity contribution in [2.24, 2.45) is 11.1 Å². The van der Waals surface area contributed by atoms with E-state index in [1.165, 1.54) is 0 Å². The van der Waals surface area contributed by atoms with Crippen LogP contribution < -0.4 is 10.5 Å². The number of methoxy groups -OCH3 is 1. The molecule has 1 unspecified atom stereocenters. The van der Waals surface area contributed by atoms with Crippen LogP contribution in [-0.2, 0) is 11.3 Å². The van der Waals surface area contributed by atoms with Crippen molar-refractivity contribution in [2.45, 2.75) is 38.3 Å². The highest BCUT2D eigenvalue weighted by Crippen LogP contribution is 2.42. The molecule has 2 heterocycles. The SMILES string of the molecule is COc1ccc(CN2CCC3(CCN(CCC(N)c4ccccc4Cl)CC3)C2=O)cc1. The van der Waals surface area contributed by atoms with Crippen molar-refractivity contribution in [3.05, 3.63) is 64.7 Å². The zero-order chi connectivity index (χ0) is 21.8. The first kappa shape index (κ1) is 22.1. The Bertz CT molecular complexity index is 894. The minimum absolute atomic E-state index is 0.0577. The number of hydrogen-bond donors (Lipinski definition) is 1. The maximum absolute atomic E-state index is 13.3. The fraction of sp³-hybridized carbons (Fsp3) is 0.480. The van der Waals surface area contributed by atoms with Crippen LogP contribution in [0.4, 0.5) is 0 Å². The first-order valence-corrected chi connectivity index (χ1v) is 11.5. The minimum Gasteiger partial charge on any atom is -0.497 e. The standard InChI is InChI=1S/C25H32ClN3O2/c1-31-20-8-6-19(7-9-20)18-29-17-13-25(24(29)30)11-15-28(16-12-25)14-10-23(27)21-4-2-3-5-22(21)26/h2-9,23H,10-18,27H2,1H3. The largest absolute Gasteiger partial charge is 0.497 e. The van der Waals surface area contributed by atoms with Crippen LogP contribution in [0, 0.1) is 5.41 Å². The van der Waals surface area contributed by atoms with Crippen LogP contribution >= 0.6 is 11.6 Å². The van der Waals surface area contributed by atoms with Crippen molar-refractivity contribution in [1.29, 1.82) is 0 Å². The number of piperidine rings is 1. The number of halogens is 1. The van der Waals surface area contributed by atoms with Gasteiger partial charge in [0, 0.05) is 24.2 Å². The molecule has 166 valence electrons. The zero-order valence-corrected chi connectivity index (χ0v) is 19.0. The van der Waals surface area contributed by atoms with Crippen molar-refractivity contribution < 1.29 is 9.53 Å². The van der Waals surface area contributed by atoms with Crippen LogP contribution in [0.15, 0.2) is 48.5 Å². The second-order valence-corrected chi connectivity index (χ2v) is 9.27. The first-order chi connectivity index (χ1) is 15.0. The van der Waals surface area contributed by atoms with Gasteiger partial charge in [0.2, 0.25) is 5.91 Å². The molecule has 2 aliphatic rings. The number of amides is 1. The second kappa shape index (κ2) is 9.60. The lowest BCUT2D eigenvalue weighted by Crippen LogP contribution is -2.45. The molecule has 31 heavy (non-hydrogen) atoms. The number of carbonyl (C=O) groups excluding carboxylic acids is 1. The molecule has 0 aliphatic carbocycles. The number of ether oxygens (including phenoxy) is 1. The van der Waals surface area contributed by atoms with E-state index in [0.29, 0.717) is 12.5 Å². The molecule has 2 aromatic carbocycles. The molecule has 0 aromatic heterocycles. The Morgan fingerprint density at radius 3 is 2.42 bits per heavy atom. The predicted molar refractivity (Wildman–Crippen MR) is 124 cm³/mol. The predicted octanol–water partition coefficient (Wildman–Crippen LogP) is 4.25. The van der Waals surface area contributed by atoms with Crippen molar-refractivity contribution in [3.63, 3.8) is 0 Å². The highest BCUT2D eigenvalue weighted by atomic mass is 35.5. The summed E-state index contributed by atoms with van der Waals surface area (Å²) in [5.41, 5.74) is 8.37. The summed E-state index contributed by atoms with van der Waals surface area (Å²) >= 11 is 6.28. The summed E-state index contributed by atoms with van der Waals surface area (Å²) in [6.45, 7) is 4.38. The van der Waals surface area contributed by atoms with Crippen molar-refractivity contribution in [1.82, 2.24) is 9.80 Å². The molecule has 1 atom stereocenters. The van der Waals surface area contributed by atoms with Crippen LogP contribution in [0.5, 0.6) is 5.75 Å². The summed E-state index contributed by atoms with van der Waals surface area (Å²) in [6, 6.07) is 15.8. The van der Waals surface area contributed by atoms with E-state index in [9.17, 15) is 4.79 Å². The van der Waals surface area contributed by atoms with Gasteiger partial charge in [-0.25, -0.2) is 0 Å². The highest BCUT2D eigenvalue weighted by Gasteiger charge is 2.47. The summed E-state index contributed by atoms with van der Waals surface area (Å²) in [5, 5.41) is 0.737. The van der Waals surface area contributed by atoms with Crippen LogP contribution in [0.25, 0.3) is 0 Å². The van der Waals surface area contributed by atoms with Crippen molar-refractivity contribution in [3.8, 4) is 5.75 Å².